The first-order valence-electron chi connectivity index (χ1n) is 23.4. The van der Waals surface area contributed by atoms with Gasteiger partial charge >= 0.3 is 5.97 Å². The SMILES string of the molecule is COc1ccc(C2=CN3C(=O)c4cc(OC)c(OCCCOc5cc6c(cc5OC)C(=O)N5C=C(c7ccc(NC(=O)[C@H](CCC(=O)O)NC(=O)C(CN)C(C)C)cc7)CC5C=N6)cc4N=C[C@@H]3C2)cc1. The molecular weight excluding hydrogens is 911 g/mol. The fourth-order valence-corrected chi connectivity index (χ4v) is 8.87. The van der Waals surface area contributed by atoms with Crippen LogP contribution in [0.15, 0.2) is 95.2 Å². The molecule has 4 aromatic rings. The maximum absolute atomic E-state index is 14.1. The monoisotopic (exact) mass is 967 g/mol. The highest BCUT2D eigenvalue weighted by molar-refractivity contribution is 6.07. The summed E-state index contributed by atoms with van der Waals surface area (Å²) in [4.78, 5) is 78.2. The van der Waals surface area contributed by atoms with Crippen LogP contribution in [0.4, 0.5) is 17.1 Å². The number of carboxylic acids is 1. The Hall–Kier alpha value is -7.99. The largest absolute Gasteiger partial charge is 0.497 e. The number of benzene rings is 4. The second kappa shape index (κ2) is 21.8. The Labute approximate surface area is 411 Å². The lowest BCUT2D eigenvalue weighted by atomic mass is 9.94. The number of fused-ring (bicyclic) bond motifs is 4. The topological polar surface area (TPSA) is 233 Å². The van der Waals surface area contributed by atoms with Crippen LogP contribution in [0.25, 0.3) is 11.1 Å². The molecule has 5 N–H and O–H groups in total. The van der Waals surface area contributed by atoms with Crippen molar-refractivity contribution in [1.29, 1.82) is 0 Å². The van der Waals surface area contributed by atoms with Crippen molar-refractivity contribution in [2.75, 3.05) is 46.4 Å². The van der Waals surface area contributed by atoms with Gasteiger partial charge in [-0.15, -0.1) is 0 Å². The summed E-state index contributed by atoms with van der Waals surface area (Å²) < 4.78 is 28.9. The molecule has 4 aliphatic rings. The van der Waals surface area contributed by atoms with Crippen LogP contribution in [0.3, 0.4) is 0 Å². The molecule has 0 radical (unpaired) electrons. The molecule has 4 atom stereocenters. The van der Waals surface area contributed by atoms with E-state index in [-0.39, 0.29) is 62.4 Å². The number of ether oxygens (including phenoxy) is 5. The van der Waals surface area contributed by atoms with Gasteiger partial charge in [0.15, 0.2) is 23.0 Å². The zero-order valence-corrected chi connectivity index (χ0v) is 40.2. The predicted octanol–water partition coefficient (Wildman–Crippen LogP) is 7.02. The standard InChI is InChI=1S/C53H57N7O11/c1-30(2)41(25-54)50(63)58-42(15-16-49(61)62)51(64)57-35-11-7-31(8-12-35)33-19-36-26-55-43-23-47(45(68-4)21-39(43)52(65)59(36)28-33)70-17-6-18-71-48-24-44-40(22-46(48)69-5)53(66)60-29-34(20-37(60)27-56-44)32-9-13-38(67-3)14-10-32/h7-14,21-24,26-30,36-37,41-42H,6,15-20,25,54H2,1-5H3,(H,57,64)(H,58,63)(H,61,62)/t36?,37-,41?,42-/m0/s1. The molecule has 4 aromatic carbocycles. The van der Waals surface area contributed by atoms with Crippen LogP contribution in [0, 0.1) is 11.8 Å². The number of nitrogens with zero attached hydrogens (tertiary/aromatic N) is 4. The van der Waals surface area contributed by atoms with Crippen molar-refractivity contribution in [3.05, 3.63) is 107 Å². The van der Waals surface area contributed by atoms with Crippen LogP contribution in [0.2, 0.25) is 0 Å². The molecule has 0 aliphatic carbocycles. The van der Waals surface area contributed by atoms with Gasteiger partial charge in [-0.25, -0.2) is 0 Å². The Balaban J connectivity index is 0.867. The fourth-order valence-electron chi connectivity index (χ4n) is 8.87. The van der Waals surface area contributed by atoms with Crippen LogP contribution in [-0.4, -0.2) is 116 Å². The first-order chi connectivity index (χ1) is 34.3. The maximum atomic E-state index is 14.1. The van der Waals surface area contributed by atoms with Crippen molar-refractivity contribution in [2.45, 2.75) is 64.1 Å². The number of anilines is 1. The normalized spacial score (nSPS) is 17.4. The molecule has 0 aromatic heterocycles. The molecule has 0 fully saturated rings. The van der Waals surface area contributed by atoms with Crippen molar-refractivity contribution >= 4 is 70.2 Å². The number of carbonyl (C=O) groups excluding carboxylic acids is 4. The highest BCUT2D eigenvalue weighted by Gasteiger charge is 2.36. The fraction of sp³-hybridized carbons (Fsp3) is 0.340. The summed E-state index contributed by atoms with van der Waals surface area (Å²) >= 11 is 0. The molecule has 370 valence electrons. The van der Waals surface area contributed by atoms with Gasteiger partial charge in [0, 0.05) is 74.9 Å². The Morgan fingerprint density at radius 3 is 1.68 bits per heavy atom. The van der Waals surface area contributed by atoms with E-state index in [0.717, 1.165) is 28.0 Å². The van der Waals surface area contributed by atoms with Crippen molar-refractivity contribution < 1.29 is 52.8 Å². The van der Waals surface area contributed by atoms with Crippen LogP contribution >= 0.6 is 0 Å². The molecule has 71 heavy (non-hydrogen) atoms. The third-order valence-electron chi connectivity index (χ3n) is 12.9. The zero-order valence-electron chi connectivity index (χ0n) is 40.2. The number of carbonyl (C=O) groups is 5. The number of nitrogens with one attached hydrogen (secondary N) is 2. The Kier molecular flexibility index (Phi) is 15.1. The summed E-state index contributed by atoms with van der Waals surface area (Å²) in [6.07, 6.45) is 8.37. The minimum absolute atomic E-state index is 0.0710. The molecule has 18 nitrogen and oxygen atoms in total. The zero-order chi connectivity index (χ0) is 50.3. The molecule has 4 aliphatic heterocycles. The maximum Gasteiger partial charge on any atom is 0.303 e. The quantitative estimate of drug-likeness (QED) is 0.0655. The van der Waals surface area contributed by atoms with E-state index in [0.29, 0.717) is 70.4 Å². The lowest BCUT2D eigenvalue weighted by Crippen LogP contribution is -2.48. The van der Waals surface area contributed by atoms with E-state index in [2.05, 4.69) is 10.6 Å². The first-order valence-corrected chi connectivity index (χ1v) is 23.4. The minimum atomic E-state index is -1.09. The number of carboxylic acid groups (broad SMARTS) is 1. The molecule has 0 bridgehead atoms. The number of hydrogen-bond donors (Lipinski definition) is 4. The summed E-state index contributed by atoms with van der Waals surface area (Å²) in [6.45, 7) is 4.29. The van der Waals surface area contributed by atoms with Gasteiger partial charge in [-0.05, 0) is 71.0 Å². The van der Waals surface area contributed by atoms with E-state index in [4.69, 9.17) is 39.4 Å². The van der Waals surface area contributed by atoms with E-state index in [9.17, 15) is 29.1 Å². The average Bonchev–Trinajstić information content (AvgIpc) is 3.95. The molecule has 0 saturated heterocycles. The molecular formula is C53H57N7O11. The average molecular weight is 968 g/mol. The van der Waals surface area contributed by atoms with Crippen LogP contribution in [0.1, 0.15) is 77.8 Å². The third kappa shape index (κ3) is 10.9. The number of aliphatic imine (C=N–C) groups is 2. The molecule has 2 unspecified atom stereocenters. The number of methoxy groups -OCH3 is 3. The van der Waals surface area contributed by atoms with Gasteiger partial charge in [0.25, 0.3) is 11.8 Å². The highest BCUT2D eigenvalue weighted by atomic mass is 16.5. The first kappa shape index (κ1) is 49.4. The van der Waals surface area contributed by atoms with Gasteiger partial charge < -0.3 is 55.0 Å². The third-order valence-corrected chi connectivity index (χ3v) is 12.9. The summed E-state index contributed by atoms with van der Waals surface area (Å²) in [5.41, 5.74) is 11.6. The van der Waals surface area contributed by atoms with E-state index >= 15 is 0 Å². The smallest absolute Gasteiger partial charge is 0.303 e. The Morgan fingerprint density at radius 2 is 1.23 bits per heavy atom. The second-order valence-electron chi connectivity index (χ2n) is 17.8. The second-order valence-corrected chi connectivity index (χ2v) is 17.8. The molecule has 4 amide bonds. The summed E-state index contributed by atoms with van der Waals surface area (Å²) in [7, 11) is 4.64. The number of amides is 4. The van der Waals surface area contributed by atoms with E-state index in [1.54, 1.807) is 71.9 Å². The van der Waals surface area contributed by atoms with Gasteiger partial charge in [0.1, 0.15) is 11.8 Å². The van der Waals surface area contributed by atoms with Crippen molar-refractivity contribution in [3.63, 3.8) is 0 Å². The highest BCUT2D eigenvalue weighted by Crippen LogP contribution is 2.42. The lowest BCUT2D eigenvalue weighted by molar-refractivity contribution is -0.138. The number of aliphatic carboxylic acids is 1. The number of hydrogen-bond acceptors (Lipinski definition) is 13. The van der Waals surface area contributed by atoms with Crippen LogP contribution in [-0.2, 0) is 14.4 Å². The van der Waals surface area contributed by atoms with Crippen LogP contribution < -0.4 is 40.1 Å². The number of rotatable bonds is 20. The number of nitrogens with two attached hydrogens (primary N) is 1. The van der Waals surface area contributed by atoms with Gasteiger partial charge in [0.05, 0.1) is 75.0 Å². The summed E-state index contributed by atoms with van der Waals surface area (Å²) in [6, 6.07) is 19.8. The van der Waals surface area contributed by atoms with Gasteiger partial charge in [-0.2, -0.15) is 0 Å². The van der Waals surface area contributed by atoms with Gasteiger partial charge in [-0.1, -0.05) is 38.1 Å². The molecule has 18 heteroatoms. The van der Waals surface area contributed by atoms with Crippen molar-refractivity contribution in [3.8, 4) is 28.7 Å². The van der Waals surface area contributed by atoms with Crippen molar-refractivity contribution in [2.24, 2.45) is 27.6 Å². The Bertz CT molecular complexity index is 2820. The van der Waals surface area contributed by atoms with E-state index in [1.165, 1.54) is 14.2 Å². The lowest BCUT2D eigenvalue weighted by Gasteiger charge is -2.23. The van der Waals surface area contributed by atoms with Crippen LogP contribution in [0.5, 0.6) is 28.7 Å². The molecule has 0 saturated carbocycles. The van der Waals surface area contributed by atoms with Gasteiger partial charge in [0.2, 0.25) is 11.8 Å². The predicted molar refractivity (Wildman–Crippen MR) is 267 cm³/mol. The molecule has 0 spiro atoms. The van der Waals surface area contributed by atoms with E-state index < -0.39 is 29.7 Å². The molecule has 8 rings (SSSR count). The summed E-state index contributed by atoms with van der Waals surface area (Å²) in [5, 5.41) is 14.7. The summed E-state index contributed by atoms with van der Waals surface area (Å²) in [5.74, 6) is -0.732. The minimum Gasteiger partial charge on any atom is -0.497 e. The van der Waals surface area contributed by atoms with Crippen molar-refractivity contribution in [1.82, 2.24) is 15.1 Å². The van der Waals surface area contributed by atoms with E-state index in [1.807, 2.05) is 56.4 Å². The Morgan fingerprint density at radius 1 is 0.718 bits per heavy atom. The molecule has 4 heterocycles. The van der Waals surface area contributed by atoms with Gasteiger partial charge in [-0.3, -0.25) is 34.0 Å².